The van der Waals surface area contributed by atoms with E-state index in [1.54, 1.807) is 0 Å². The van der Waals surface area contributed by atoms with Crippen LogP contribution in [-0.2, 0) is 4.74 Å². The van der Waals surface area contributed by atoms with Gasteiger partial charge in [0.05, 0.1) is 0 Å². The maximum Gasteiger partial charge on any atom is 0.407 e. The maximum absolute atomic E-state index is 12.0. The van der Waals surface area contributed by atoms with Gasteiger partial charge in [0, 0.05) is 16.7 Å². The molecule has 122 valence electrons. The summed E-state index contributed by atoms with van der Waals surface area (Å²) in [6, 6.07) is 10.7. The lowest BCUT2D eigenvalue weighted by Crippen LogP contribution is -2.45. The zero-order valence-corrected chi connectivity index (χ0v) is 14.6. The van der Waals surface area contributed by atoms with E-state index in [0.29, 0.717) is 5.92 Å². The Hall–Kier alpha value is -1.16. The number of hydrogen-bond acceptors (Lipinski definition) is 3. The molecule has 2 atom stereocenters. The third-order valence-electron chi connectivity index (χ3n) is 3.82. The van der Waals surface area contributed by atoms with E-state index >= 15 is 0 Å². The zero-order valence-electron chi connectivity index (χ0n) is 13.8. The van der Waals surface area contributed by atoms with Crippen LogP contribution in [0.15, 0.2) is 35.2 Å². The summed E-state index contributed by atoms with van der Waals surface area (Å²) in [7, 11) is 0. The van der Waals surface area contributed by atoms with Crippen LogP contribution in [0.1, 0.15) is 46.5 Å². The van der Waals surface area contributed by atoms with Gasteiger partial charge in [-0.15, -0.1) is 11.8 Å². The molecule has 0 heterocycles. The van der Waals surface area contributed by atoms with E-state index in [4.69, 9.17) is 4.74 Å². The van der Waals surface area contributed by atoms with Crippen molar-refractivity contribution < 1.29 is 9.53 Å². The van der Waals surface area contributed by atoms with Crippen molar-refractivity contribution in [1.29, 1.82) is 0 Å². The van der Waals surface area contributed by atoms with Crippen LogP contribution in [0.5, 0.6) is 0 Å². The minimum atomic E-state index is -0.437. The minimum Gasteiger partial charge on any atom is -0.444 e. The van der Waals surface area contributed by atoms with E-state index in [-0.39, 0.29) is 12.1 Å². The molecule has 2 rings (SSSR count). The molecule has 1 aromatic carbocycles. The van der Waals surface area contributed by atoms with E-state index in [1.165, 1.54) is 24.2 Å². The monoisotopic (exact) mass is 321 g/mol. The summed E-state index contributed by atoms with van der Waals surface area (Å²) in [4.78, 5) is 13.3. The summed E-state index contributed by atoms with van der Waals surface area (Å²) in [5.41, 5.74) is -0.437. The number of amides is 1. The van der Waals surface area contributed by atoms with Crippen molar-refractivity contribution in [3.63, 3.8) is 0 Å². The average Bonchev–Trinajstić information content (AvgIpc) is 2.45. The lowest BCUT2D eigenvalue weighted by molar-refractivity contribution is 0.0474. The Labute approximate surface area is 138 Å². The number of nitrogens with one attached hydrogen (secondary N) is 1. The standard InChI is InChI=1S/C18H27NO2S/c1-18(2,3)21-17(20)19-16-12-8-7-9-14(16)13-22-15-10-5-4-6-11-15/h4-6,10-11,14,16H,7-9,12-13H2,1-3H3,(H,19,20)/t14-,16-/m0/s1. The molecule has 22 heavy (non-hydrogen) atoms. The molecule has 1 aliphatic rings. The Balaban J connectivity index is 1.86. The highest BCUT2D eigenvalue weighted by Crippen LogP contribution is 2.30. The molecule has 0 saturated heterocycles. The van der Waals surface area contributed by atoms with Crippen LogP contribution in [0, 0.1) is 5.92 Å². The molecule has 0 bridgehead atoms. The van der Waals surface area contributed by atoms with Gasteiger partial charge in [0.2, 0.25) is 0 Å². The number of carbonyl (C=O) groups excluding carboxylic acids is 1. The lowest BCUT2D eigenvalue weighted by atomic mass is 9.86. The van der Waals surface area contributed by atoms with Crippen molar-refractivity contribution in [2.45, 2.75) is 63.0 Å². The van der Waals surface area contributed by atoms with Gasteiger partial charge in [0.15, 0.2) is 0 Å². The Morgan fingerprint density at radius 3 is 2.59 bits per heavy atom. The van der Waals surface area contributed by atoms with Crippen molar-refractivity contribution in [3.8, 4) is 0 Å². The molecule has 1 aliphatic carbocycles. The molecule has 3 nitrogen and oxygen atoms in total. The third kappa shape index (κ3) is 5.91. The summed E-state index contributed by atoms with van der Waals surface area (Å²) in [6.45, 7) is 5.70. The van der Waals surface area contributed by atoms with Crippen molar-refractivity contribution >= 4 is 17.9 Å². The normalized spacial score (nSPS) is 22.1. The topological polar surface area (TPSA) is 38.3 Å². The minimum absolute atomic E-state index is 0.236. The second-order valence-electron chi connectivity index (χ2n) is 6.92. The highest BCUT2D eigenvalue weighted by atomic mass is 32.2. The molecular weight excluding hydrogens is 294 g/mol. The molecule has 0 aliphatic heterocycles. The number of benzene rings is 1. The van der Waals surface area contributed by atoms with Crippen LogP contribution in [0.4, 0.5) is 4.79 Å². The second kappa shape index (κ2) is 7.91. The van der Waals surface area contributed by atoms with Gasteiger partial charge in [-0.1, -0.05) is 31.0 Å². The number of carbonyl (C=O) groups is 1. The first-order valence-corrected chi connectivity index (χ1v) is 9.10. The second-order valence-corrected chi connectivity index (χ2v) is 8.01. The third-order valence-corrected chi connectivity index (χ3v) is 5.02. The molecule has 4 heteroatoms. The first-order chi connectivity index (χ1) is 10.4. The number of ether oxygens (including phenoxy) is 1. The Bertz CT molecular complexity index is 470. The number of rotatable bonds is 4. The number of alkyl carbamates (subject to hydrolysis) is 1. The molecule has 1 saturated carbocycles. The largest absolute Gasteiger partial charge is 0.444 e. The molecule has 1 aromatic rings. The molecular formula is C18H27NO2S. The van der Waals surface area contributed by atoms with Gasteiger partial charge in [-0.3, -0.25) is 0 Å². The first-order valence-electron chi connectivity index (χ1n) is 8.11. The van der Waals surface area contributed by atoms with Crippen LogP contribution < -0.4 is 5.32 Å². The predicted octanol–water partition coefficient (Wildman–Crippen LogP) is 4.86. The smallest absolute Gasteiger partial charge is 0.407 e. The average molecular weight is 321 g/mol. The summed E-state index contributed by atoms with van der Waals surface area (Å²) in [5.74, 6) is 1.57. The van der Waals surface area contributed by atoms with Gasteiger partial charge in [-0.25, -0.2) is 4.79 Å². The zero-order chi connectivity index (χ0) is 16.0. The fourth-order valence-corrected chi connectivity index (χ4v) is 3.93. The van der Waals surface area contributed by atoms with E-state index in [1.807, 2.05) is 38.6 Å². The summed E-state index contributed by atoms with van der Waals surface area (Å²) in [6.07, 6.45) is 4.40. The Morgan fingerprint density at radius 1 is 1.23 bits per heavy atom. The molecule has 1 fully saturated rings. The molecule has 0 spiro atoms. The van der Waals surface area contributed by atoms with Gasteiger partial charge in [-0.2, -0.15) is 0 Å². The van der Waals surface area contributed by atoms with E-state index in [9.17, 15) is 4.79 Å². The van der Waals surface area contributed by atoms with Gasteiger partial charge in [-0.05, 0) is 51.7 Å². The maximum atomic E-state index is 12.0. The molecule has 1 amide bonds. The van der Waals surface area contributed by atoms with E-state index in [0.717, 1.165) is 12.2 Å². The molecule has 0 unspecified atom stereocenters. The van der Waals surface area contributed by atoms with Gasteiger partial charge in [0.1, 0.15) is 5.60 Å². The number of thioether (sulfide) groups is 1. The summed E-state index contributed by atoms with van der Waals surface area (Å²) < 4.78 is 5.39. The summed E-state index contributed by atoms with van der Waals surface area (Å²) in [5, 5.41) is 3.09. The fourth-order valence-electron chi connectivity index (χ4n) is 2.78. The highest BCUT2D eigenvalue weighted by molar-refractivity contribution is 7.99. The van der Waals surface area contributed by atoms with Gasteiger partial charge >= 0.3 is 6.09 Å². The predicted molar refractivity (Wildman–Crippen MR) is 92.3 cm³/mol. The van der Waals surface area contributed by atoms with Gasteiger partial charge in [0.25, 0.3) is 0 Å². The lowest BCUT2D eigenvalue weighted by Gasteiger charge is -2.32. The van der Waals surface area contributed by atoms with E-state index < -0.39 is 5.60 Å². The van der Waals surface area contributed by atoms with Crippen LogP contribution in [-0.4, -0.2) is 23.5 Å². The molecule has 0 radical (unpaired) electrons. The summed E-state index contributed by atoms with van der Waals surface area (Å²) >= 11 is 1.88. The van der Waals surface area contributed by atoms with E-state index in [2.05, 4.69) is 29.6 Å². The highest BCUT2D eigenvalue weighted by Gasteiger charge is 2.28. The first kappa shape index (κ1) is 17.2. The quantitative estimate of drug-likeness (QED) is 0.805. The van der Waals surface area contributed by atoms with Crippen LogP contribution in [0.25, 0.3) is 0 Å². The van der Waals surface area contributed by atoms with Crippen molar-refractivity contribution in [2.75, 3.05) is 5.75 Å². The van der Waals surface area contributed by atoms with Crippen LogP contribution in [0.2, 0.25) is 0 Å². The number of hydrogen-bond donors (Lipinski definition) is 1. The fraction of sp³-hybridized carbons (Fsp3) is 0.611. The molecule has 0 aromatic heterocycles. The van der Waals surface area contributed by atoms with Gasteiger partial charge < -0.3 is 10.1 Å². The Kier molecular flexibility index (Phi) is 6.18. The molecule has 1 N–H and O–H groups in total. The van der Waals surface area contributed by atoms with Crippen molar-refractivity contribution in [1.82, 2.24) is 5.32 Å². The van der Waals surface area contributed by atoms with Crippen molar-refractivity contribution in [2.24, 2.45) is 5.92 Å². The van der Waals surface area contributed by atoms with Crippen molar-refractivity contribution in [3.05, 3.63) is 30.3 Å². The SMILES string of the molecule is CC(C)(C)OC(=O)N[C@H]1CCCC[C@H]1CSc1ccccc1. The Morgan fingerprint density at radius 2 is 1.91 bits per heavy atom. The van der Waals surface area contributed by atoms with Crippen LogP contribution in [0.3, 0.4) is 0 Å². The van der Waals surface area contributed by atoms with Crippen LogP contribution >= 0.6 is 11.8 Å².